The SMILES string of the molecule is C=Cc1cc(Br)c(F)cc1N. The quantitative estimate of drug-likeness (QED) is 0.717. The van der Waals surface area contributed by atoms with E-state index >= 15 is 0 Å². The van der Waals surface area contributed by atoms with Gasteiger partial charge in [0, 0.05) is 5.69 Å². The van der Waals surface area contributed by atoms with Gasteiger partial charge in [0.25, 0.3) is 0 Å². The number of nitrogens with two attached hydrogens (primary N) is 1. The largest absolute Gasteiger partial charge is 0.398 e. The van der Waals surface area contributed by atoms with Gasteiger partial charge in [-0.25, -0.2) is 4.39 Å². The molecule has 2 N–H and O–H groups in total. The molecule has 1 nitrogen and oxygen atoms in total. The molecule has 0 aliphatic heterocycles. The molecule has 0 aliphatic rings. The molecule has 58 valence electrons. The van der Waals surface area contributed by atoms with Crippen LogP contribution in [0.5, 0.6) is 0 Å². The van der Waals surface area contributed by atoms with Crippen molar-refractivity contribution >= 4 is 27.7 Å². The molecule has 0 saturated carbocycles. The summed E-state index contributed by atoms with van der Waals surface area (Å²) in [6.45, 7) is 3.54. The van der Waals surface area contributed by atoms with Crippen LogP contribution in [0.4, 0.5) is 10.1 Å². The first-order valence-corrected chi connectivity index (χ1v) is 3.81. The second kappa shape index (κ2) is 3.05. The van der Waals surface area contributed by atoms with Gasteiger partial charge in [0.2, 0.25) is 0 Å². The summed E-state index contributed by atoms with van der Waals surface area (Å²) in [6, 6.07) is 2.86. The summed E-state index contributed by atoms with van der Waals surface area (Å²) in [5.41, 5.74) is 6.61. The molecule has 0 saturated heterocycles. The third-order valence-corrected chi connectivity index (χ3v) is 1.95. The predicted octanol–water partition coefficient (Wildman–Crippen LogP) is 2.81. The Morgan fingerprint density at radius 2 is 2.18 bits per heavy atom. The summed E-state index contributed by atoms with van der Waals surface area (Å²) in [4.78, 5) is 0. The number of hydrogen-bond acceptors (Lipinski definition) is 1. The minimum atomic E-state index is -0.354. The van der Waals surface area contributed by atoms with Crippen molar-refractivity contribution in [1.29, 1.82) is 0 Å². The van der Waals surface area contributed by atoms with Crippen molar-refractivity contribution in [3.05, 3.63) is 34.6 Å². The fourth-order valence-corrected chi connectivity index (χ4v) is 1.12. The Hall–Kier alpha value is -0.830. The van der Waals surface area contributed by atoms with Gasteiger partial charge < -0.3 is 5.73 Å². The molecular formula is C8H7BrFN. The van der Waals surface area contributed by atoms with Crippen molar-refractivity contribution in [2.24, 2.45) is 0 Å². The topological polar surface area (TPSA) is 26.0 Å². The van der Waals surface area contributed by atoms with Gasteiger partial charge in [0.05, 0.1) is 4.47 Å². The van der Waals surface area contributed by atoms with E-state index in [9.17, 15) is 4.39 Å². The molecule has 11 heavy (non-hydrogen) atoms. The van der Waals surface area contributed by atoms with Crippen molar-refractivity contribution in [3.8, 4) is 0 Å². The molecule has 3 heteroatoms. The highest BCUT2D eigenvalue weighted by Gasteiger charge is 2.02. The summed E-state index contributed by atoms with van der Waals surface area (Å²) < 4.78 is 13.1. The molecule has 0 unspecified atom stereocenters. The van der Waals surface area contributed by atoms with Crippen LogP contribution in [0, 0.1) is 5.82 Å². The summed E-state index contributed by atoms with van der Waals surface area (Å²) >= 11 is 3.04. The molecule has 0 aliphatic carbocycles. The van der Waals surface area contributed by atoms with E-state index in [4.69, 9.17) is 5.73 Å². The molecule has 0 bridgehead atoms. The number of benzene rings is 1. The number of rotatable bonds is 1. The van der Waals surface area contributed by atoms with E-state index in [1.54, 1.807) is 12.1 Å². The van der Waals surface area contributed by atoms with E-state index in [1.807, 2.05) is 0 Å². The van der Waals surface area contributed by atoms with Gasteiger partial charge in [-0.15, -0.1) is 0 Å². The second-order valence-electron chi connectivity index (χ2n) is 2.10. The van der Waals surface area contributed by atoms with Crippen LogP contribution in [-0.4, -0.2) is 0 Å². The monoisotopic (exact) mass is 215 g/mol. The molecule has 0 fully saturated rings. The summed E-state index contributed by atoms with van der Waals surface area (Å²) in [7, 11) is 0. The number of hydrogen-bond donors (Lipinski definition) is 1. The highest BCUT2D eigenvalue weighted by Crippen LogP contribution is 2.22. The second-order valence-corrected chi connectivity index (χ2v) is 2.95. The first kappa shape index (κ1) is 8.27. The van der Waals surface area contributed by atoms with E-state index in [-0.39, 0.29) is 5.82 Å². The minimum Gasteiger partial charge on any atom is -0.398 e. The smallest absolute Gasteiger partial charge is 0.139 e. The van der Waals surface area contributed by atoms with Crippen LogP contribution in [0.15, 0.2) is 23.2 Å². The van der Waals surface area contributed by atoms with Gasteiger partial charge in [-0.3, -0.25) is 0 Å². The van der Waals surface area contributed by atoms with Crippen LogP contribution in [0.3, 0.4) is 0 Å². The average molecular weight is 216 g/mol. The molecule has 0 heterocycles. The summed E-state index contributed by atoms with van der Waals surface area (Å²) in [6.07, 6.45) is 1.58. The van der Waals surface area contributed by atoms with Crippen LogP contribution in [0.25, 0.3) is 6.08 Å². The standard InChI is InChI=1S/C8H7BrFN/c1-2-5-3-6(9)7(10)4-8(5)11/h2-4H,1,11H2. The number of halogens is 2. The molecule has 1 aromatic rings. The summed E-state index contributed by atoms with van der Waals surface area (Å²) in [5.74, 6) is -0.354. The van der Waals surface area contributed by atoms with Crippen LogP contribution < -0.4 is 5.73 Å². The normalized spacial score (nSPS) is 9.64. The van der Waals surface area contributed by atoms with Crippen LogP contribution >= 0.6 is 15.9 Å². The fourth-order valence-electron chi connectivity index (χ4n) is 0.754. The average Bonchev–Trinajstić information content (AvgIpc) is 1.97. The third kappa shape index (κ3) is 1.60. The third-order valence-electron chi connectivity index (χ3n) is 1.35. The lowest BCUT2D eigenvalue weighted by Gasteiger charge is -2.01. The Morgan fingerprint density at radius 3 is 2.73 bits per heavy atom. The zero-order chi connectivity index (χ0) is 8.43. The molecular weight excluding hydrogens is 209 g/mol. The Balaban J connectivity index is 3.31. The number of anilines is 1. The van der Waals surface area contributed by atoms with Crippen LogP contribution in [0.2, 0.25) is 0 Å². The maximum atomic E-state index is 12.7. The lowest BCUT2D eigenvalue weighted by molar-refractivity contribution is 0.622. The summed E-state index contributed by atoms with van der Waals surface area (Å²) in [5, 5.41) is 0. The first-order chi connectivity index (χ1) is 5.15. The van der Waals surface area contributed by atoms with Crippen LogP contribution in [-0.2, 0) is 0 Å². The van der Waals surface area contributed by atoms with Gasteiger partial charge in [0.1, 0.15) is 5.82 Å². The molecule has 0 amide bonds. The Labute approximate surface area is 72.8 Å². The highest BCUT2D eigenvalue weighted by atomic mass is 79.9. The van der Waals surface area contributed by atoms with E-state index in [2.05, 4.69) is 22.5 Å². The van der Waals surface area contributed by atoms with Crippen LogP contribution in [0.1, 0.15) is 5.56 Å². The molecule has 0 atom stereocenters. The van der Waals surface area contributed by atoms with Gasteiger partial charge >= 0.3 is 0 Å². The lowest BCUT2D eigenvalue weighted by atomic mass is 10.2. The fraction of sp³-hybridized carbons (Fsp3) is 0. The van der Waals surface area contributed by atoms with E-state index in [1.165, 1.54) is 6.07 Å². The minimum absolute atomic E-state index is 0.354. The van der Waals surface area contributed by atoms with E-state index < -0.39 is 0 Å². The van der Waals surface area contributed by atoms with E-state index in [0.29, 0.717) is 10.2 Å². The maximum absolute atomic E-state index is 12.7. The molecule has 0 spiro atoms. The molecule has 1 rings (SSSR count). The van der Waals surface area contributed by atoms with Crippen molar-refractivity contribution in [2.45, 2.75) is 0 Å². The molecule has 1 aromatic carbocycles. The van der Waals surface area contributed by atoms with Crippen molar-refractivity contribution in [3.63, 3.8) is 0 Å². The van der Waals surface area contributed by atoms with E-state index in [0.717, 1.165) is 5.56 Å². The molecule has 0 radical (unpaired) electrons. The van der Waals surface area contributed by atoms with Gasteiger partial charge in [0.15, 0.2) is 0 Å². The Morgan fingerprint density at radius 1 is 1.55 bits per heavy atom. The Kier molecular flexibility index (Phi) is 2.29. The predicted molar refractivity (Wildman–Crippen MR) is 48.6 cm³/mol. The maximum Gasteiger partial charge on any atom is 0.139 e. The van der Waals surface area contributed by atoms with Gasteiger partial charge in [-0.1, -0.05) is 12.7 Å². The highest BCUT2D eigenvalue weighted by molar-refractivity contribution is 9.10. The van der Waals surface area contributed by atoms with Gasteiger partial charge in [-0.2, -0.15) is 0 Å². The zero-order valence-electron chi connectivity index (χ0n) is 5.77. The Bertz CT molecular complexity index is 296. The molecule has 0 aromatic heterocycles. The zero-order valence-corrected chi connectivity index (χ0v) is 7.36. The number of nitrogen functional groups attached to an aromatic ring is 1. The van der Waals surface area contributed by atoms with Gasteiger partial charge in [-0.05, 0) is 33.6 Å². The lowest BCUT2D eigenvalue weighted by Crippen LogP contribution is -1.91. The first-order valence-electron chi connectivity index (χ1n) is 3.02. The van der Waals surface area contributed by atoms with Crippen molar-refractivity contribution < 1.29 is 4.39 Å². The van der Waals surface area contributed by atoms with Crippen molar-refractivity contribution in [2.75, 3.05) is 5.73 Å². The van der Waals surface area contributed by atoms with Crippen molar-refractivity contribution in [1.82, 2.24) is 0 Å².